The SMILES string of the molecule is CN(Cc1csc(Br)c1)c1nc(Cl)ccc1C(=O)O. The number of anilines is 1. The van der Waals surface area contributed by atoms with E-state index in [0.29, 0.717) is 12.4 Å². The zero-order valence-electron chi connectivity index (χ0n) is 9.93. The van der Waals surface area contributed by atoms with Gasteiger partial charge in [0.1, 0.15) is 16.5 Å². The first-order valence-corrected chi connectivity index (χ1v) is 7.36. The van der Waals surface area contributed by atoms with Gasteiger partial charge in [-0.3, -0.25) is 0 Å². The highest BCUT2D eigenvalue weighted by molar-refractivity contribution is 9.11. The first-order valence-electron chi connectivity index (χ1n) is 5.31. The van der Waals surface area contributed by atoms with E-state index in [2.05, 4.69) is 20.9 Å². The van der Waals surface area contributed by atoms with Crippen molar-refractivity contribution in [1.82, 2.24) is 4.98 Å². The summed E-state index contributed by atoms with van der Waals surface area (Å²) in [6, 6.07) is 4.93. The maximum atomic E-state index is 11.2. The van der Waals surface area contributed by atoms with Crippen LogP contribution in [0.4, 0.5) is 5.82 Å². The Labute approximate surface area is 127 Å². The molecule has 2 aromatic rings. The van der Waals surface area contributed by atoms with Crippen LogP contribution in [0.1, 0.15) is 15.9 Å². The zero-order valence-corrected chi connectivity index (χ0v) is 13.1. The lowest BCUT2D eigenvalue weighted by Crippen LogP contribution is -2.20. The predicted molar refractivity (Wildman–Crippen MR) is 80.3 cm³/mol. The van der Waals surface area contributed by atoms with E-state index in [-0.39, 0.29) is 10.7 Å². The molecule has 0 atom stereocenters. The highest BCUT2D eigenvalue weighted by atomic mass is 79.9. The van der Waals surface area contributed by atoms with E-state index < -0.39 is 5.97 Å². The number of aromatic carboxylic acids is 1. The maximum Gasteiger partial charge on any atom is 0.339 e. The largest absolute Gasteiger partial charge is 0.478 e. The van der Waals surface area contributed by atoms with Crippen molar-refractivity contribution < 1.29 is 9.90 Å². The average molecular weight is 362 g/mol. The lowest BCUT2D eigenvalue weighted by molar-refractivity contribution is 0.0697. The Bertz CT molecular complexity index is 618. The van der Waals surface area contributed by atoms with Crippen LogP contribution in [0.3, 0.4) is 0 Å². The highest BCUT2D eigenvalue weighted by Crippen LogP contribution is 2.25. The summed E-state index contributed by atoms with van der Waals surface area (Å²) in [6.07, 6.45) is 0. The van der Waals surface area contributed by atoms with Gasteiger partial charge in [-0.1, -0.05) is 11.6 Å². The molecule has 0 aliphatic heterocycles. The standard InChI is InChI=1S/C12H10BrClN2O2S/c1-16(5-7-4-9(13)19-6-7)11-8(12(17)18)2-3-10(14)15-11/h2-4,6H,5H2,1H3,(H,17,18). The number of carbonyl (C=O) groups is 1. The molecular weight excluding hydrogens is 352 g/mol. The van der Waals surface area contributed by atoms with Gasteiger partial charge in [-0.05, 0) is 45.1 Å². The van der Waals surface area contributed by atoms with Gasteiger partial charge in [0.15, 0.2) is 0 Å². The first-order chi connectivity index (χ1) is 8.97. The molecule has 0 saturated heterocycles. The molecule has 2 aromatic heterocycles. The molecule has 0 aliphatic carbocycles. The maximum absolute atomic E-state index is 11.2. The quantitative estimate of drug-likeness (QED) is 0.839. The van der Waals surface area contributed by atoms with Crippen molar-refractivity contribution in [3.63, 3.8) is 0 Å². The van der Waals surface area contributed by atoms with Crippen LogP contribution < -0.4 is 4.90 Å². The Kier molecular flexibility index (Phi) is 4.44. The van der Waals surface area contributed by atoms with Gasteiger partial charge >= 0.3 is 5.97 Å². The monoisotopic (exact) mass is 360 g/mol. The van der Waals surface area contributed by atoms with Gasteiger partial charge in [0, 0.05) is 13.6 Å². The van der Waals surface area contributed by atoms with Crippen LogP contribution in [0.25, 0.3) is 0 Å². The van der Waals surface area contributed by atoms with E-state index in [1.807, 2.05) is 11.4 Å². The van der Waals surface area contributed by atoms with E-state index in [1.165, 1.54) is 12.1 Å². The number of rotatable bonds is 4. The fraction of sp³-hybridized carbons (Fsp3) is 0.167. The molecule has 0 saturated carbocycles. The smallest absolute Gasteiger partial charge is 0.339 e. The Hall–Kier alpha value is -1.11. The Morgan fingerprint density at radius 1 is 1.58 bits per heavy atom. The van der Waals surface area contributed by atoms with Gasteiger partial charge in [-0.2, -0.15) is 0 Å². The van der Waals surface area contributed by atoms with Gasteiger partial charge in [-0.25, -0.2) is 9.78 Å². The lowest BCUT2D eigenvalue weighted by atomic mass is 10.2. The number of hydrogen-bond acceptors (Lipinski definition) is 4. The second kappa shape index (κ2) is 5.90. The van der Waals surface area contributed by atoms with Crippen LogP contribution in [-0.2, 0) is 6.54 Å². The fourth-order valence-corrected chi connectivity index (χ4v) is 3.00. The number of carboxylic acid groups (broad SMARTS) is 1. The molecule has 2 rings (SSSR count). The first kappa shape index (κ1) is 14.3. The summed E-state index contributed by atoms with van der Waals surface area (Å²) in [5, 5.41) is 11.4. The molecule has 100 valence electrons. The molecule has 2 heterocycles. The average Bonchev–Trinajstić information content (AvgIpc) is 2.74. The van der Waals surface area contributed by atoms with Crippen LogP contribution in [-0.4, -0.2) is 23.1 Å². The minimum absolute atomic E-state index is 0.140. The number of hydrogen-bond donors (Lipinski definition) is 1. The zero-order chi connectivity index (χ0) is 14.0. The molecule has 0 unspecified atom stereocenters. The van der Waals surface area contributed by atoms with E-state index in [1.54, 1.807) is 23.3 Å². The van der Waals surface area contributed by atoms with Crippen molar-refractivity contribution in [2.24, 2.45) is 0 Å². The number of aromatic nitrogens is 1. The number of pyridine rings is 1. The van der Waals surface area contributed by atoms with Gasteiger partial charge in [0.05, 0.1) is 3.79 Å². The minimum Gasteiger partial charge on any atom is -0.478 e. The Morgan fingerprint density at radius 2 is 2.32 bits per heavy atom. The van der Waals surface area contributed by atoms with Crippen molar-refractivity contribution in [3.05, 3.63) is 43.6 Å². The van der Waals surface area contributed by atoms with E-state index >= 15 is 0 Å². The van der Waals surface area contributed by atoms with Crippen molar-refractivity contribution in [2.75, 3.05) is 11.9 Å². The number of halogens is 2. The number of thiophene rings is 1. The number of carboxylic acids is 1. The molecule has 4 nitrogen and oxygen atoms in total. The van der Waals surface area contributed by atoms with Crippen LogP contribution in [0.5, 0.6) is 0 Å². The highest BCUT2D eigenvalue weighted by Gasteiger charge is 2.16. The summed E-state index contributed by atoms with van der Waals surface area (Å²) >= 11 is 10.8. The third-order valence-corrected chi connectivity index (χ3v) is 4.24. The predicted octanol–water partition coefficient (Wildman–Crippen LogP) is 3.89. The summed E-state index contributed by atoms with van der Waals surface area (Å²) in [6.45, 7) is 0.565. The third kappa shape index (κ3) is 3.46. The van der Waals surface area contributed by atoms with Crippen LogP contribution in [0, 0.1) is 0 Å². The molecule has 1 N–H and O–H groups in total. The van der Waals surface area contributed by atoms with Crippen molar-refractivity contribution in [2.45, 2.75) is 6.54 Å². The van der Waals surface area contributed by atoms with Gasteiger partial charge in [-0.15, -0.1) is 11.3 Å². The topological polar surface area (TPSA) is 53.4 Å². The molecule has 0 bridgehead atoms. The fourth-order valence-electron chi connectivity index (χ4n) is 1.66. The van der Waals surface area contributed by atoms with E-state index in [9.17, 15) is 4.79 Å². The second-order valence-corrected chi connectivity index (χ2v) is 6.60. The van der Waals surface area contributed by atoms with E-state index in [4.69, 9.17) is 16.7 Å². The molecule has 7 heteroatoms. The molecule has 0 radical (unpaired) electrons. The molecular formula is C12H10BrClN2O2S. The summed E-state index contributed by atoms with van der Waals surface area (Å²) in [4.78, 5) is 17.0. The summed E-state index contributed by atoms with van der Waals surface area (Å²) in [5.74, 6) is -0.653. The van der Waals surface area contributed by atoms with Crippen molar-refractivity contribution >= 4 is 50.7 Å². The van der Waals surface area contributed by atoms with Crippen LogP contribution in [0.15, 0.2) is 27.4 Å². The second-order valence-electron chi connectivity index (χ2n) is 3.93. The minimum atomic E-state index is -1.02. The third-order valence-electron chi connectivity index (χ3n) is 2.47. The van der Waals surface area contributed by atoms with Crippen LogP contribution >= 0.6 is 38.9 Å². The van der Waals surface area contributed by atoms with Crippen LogP contribution in [0.2, 0.25) is 5.15 Å². The summed E-state index contributed by atoms with van der Waals surface area (Å²) < 4.78 is 1.04. The molecule has 0 aliphatic rings. The lowest BCUT2D eigenvalue weighted by Gasteiger charge is -2.19. The van der Waals surface area contributed by atoms with Gasteiger partial charge in [0.2, 0.25) is 0 Å². The van der Waals surface area contributed by atoms with Gasteiger partial charge in [0.25, 0.3) is 0 Å². The number of nitrogens with zero attached hydrogens (tertiary/aromatic N) is 2. The van der Waals surface area contributed by atoms with E-state index in [0.717, 1.165) is 9.35 Å². The van der Waals surface area contributed by atoms with Crippen molar-refractivity contribution in [1.29, 1.82) is 0 Å². The Balaban J connectivity index is 2.29. The normalized spacial score (nSPS) is 10.5. The molecule has 19 heavy (non-hydrogen) atoms. The molecule has 0 spiro atoms. The molecule has 0 amide bonds. The van der Waals surface area contributed by atoms with Crippen molar-refractivity contribution in [3.8, 4) is 0 Å². The Morgan fingerprint density at radius 3 is 2.89 bits per heavy atom. The van der Waals surface area contributed by atoms with Gasteiger partial charge < -0.3 is 10.0 Å². The molecule has 0 fully saturated rings. The molecule has 0 aromatic carbocycles. The summed E-state index contributed by atoms with van der Waals surface area (Å²) in [5.41, 5.74) is 1.22. The summed E-state index contributed by atoms with van der Waals surface area (Å²) in [7, 11) is 1.79.